The van der Waals surface area contributed by atoms with Crippen LogP contribution in [0.25, 0.3) is 0 Å². The Labute approximate surface area is 133 Å². The Morgan fingerprint density at radius 2 is 1.95 bits per heavy atom. The van der Waals surface area contributed by atoms with E-state index in [2.05, 4.69) is 26.1 Å². The number of nitrogens with one attached hydrogen (secondary N) is 1. The van der Waals surface area contributed by atoms with Crippen molar-refractivity contribution in [1.29, 1.82) is 0 Å². The fourth-order valence-electron chi connectivity index (χ4n) is 4.54. The molecular formula is C18H29NO3. The van der Waals surface area contributed by atoms with E-state index in [4.69, 9.17) is 4.74 Å². The summed E-state index contributed by atoms with van der Waals surface area (Å²) in [6.07, 6.45) is 5.04. The predicted octanol–water partition coefficient (Wildman–Crippen LogP) is 2.56. The second kappa shape index (κ2) is 5.64. The van der Waals surface area contributed by atoms with Crippen LogP contribution >= 0.6 is 0 Å². The number of hydrogen-bond acceptors (Lipinski definition) is 3. The average Bonchev–Trinajstić information content (AvgIpc) is 2.46. The highest BCUT2D eigenvalue weighted by atomic mass is 16.5. The minimum Gasteiger partial charge on any atom is -0.392 e. The molecule has 1 heterocycles. The van der Waals surface area contributed by atoms with Crippen LogP contribution in [0.5, 0.6) is 0 Å². The molecule has 1 amide bonds. The van der Waals surface area contributed by atoms with Crippen LogP contribution in [0.2, 0.25) is 0 Å². The molecule has 0 unspecified atom stereocenters. The molecule has 1 saturated carbocycles. The Bertz CT molecular complexity index is 489. The van der Waals surface area contributed by atoms with Crippen molar-refractivity contribution in [3.05, 3.63) is 11.1 Å². The van der Waals surface area contributed by atoms with Crippen molar-refractivity contribution in [3.63, 3.8) is 0 Å². The molecule has 22 heavy (non-hydrogen) atoms. The van der Waals surface area contributed by atoms with E-state index in [1.165, 1.54) is 5.57 Å². The number of aliphatic hydroxyl groups excluding tert-OH is 1. The summed E-state index contributed by atoms with van der Waals surface area (Å²) in [5.74, 6) is 0.0933. The van der Waals surface area contributed by atoms with Crippen molar-refractivity contribution in [2.45, 2.75) is 71.4 Å². The Hall–Kier alpha value is -0.870. The highest BCUT2D eigenvalue weighted by molar-refractivity contribution is 5.94. The molecule has 2 N–H and O–H groups in total. The molecule has 0 aromatic heterocycles. The molecule has 2 fully saturated rings. The van der Waals surface area contributed by atoms with Crippen LogP contribution in [0.15, 0.2) is 11.1 Å². The number of carbonyl (C=O) groups is 1. The molecule has 0 aromatic carbocycles. The molecule has 1 saturated heterocycles. The van der Waals surface area contributed by atoms with Crippen LogP contribution in [0.4, 0.5) is 0 Å². The van der Waals surface area contributed by atoms with Crippen molar-refractivity contribution in [2.24, 2.45) is 10.8 Å². The highest BCUT2D eigenvalue weighted by Crippen LogP contribution is 2.49. The first-order chi connectivity index (χ1) is 10.3. The molecule has 1 aliphatic heterocycles. The van der Waals surface area contributed by atoms with Gasteiger partial charge < -0.3 is 15.2 Å². The largest absolute Gasteiger partial charge is 0.392 e. The van der Waals surface area contributed by atoms with Gasteiger partial charge in [0, 0.05) is 30.2 Å². The second-order valence-electron chi connectivity index (χ2n) is 8.22. The summed E-state index contributed by atoms with van der Waals surface area (Å²) in [5.41, 5.74) is 2.37. The van der Waals surface area contributed by atoms with Crippen LogP contribution in [0.1, 0.15) is 59.3 Å². The first-order valence-corrected chi connectivity index (χ1v) is 8.59. The fraction of sp³-hybridized carbons (Fsp3) is 0.833. The van der Waals surface area contributed by atoms with E-state index in [0.29, 0.717) is 25.0 Å². The molecular weight excluding hydrogens is 278 g/mol. The van der Waals surface area contributed by atoms with Crippen LogP contribution in [-0.4, -0.2) is 36.4 Å². The molecule has 3 aliphatic rings. The number of ether oxygens (including phenoxy) is 1. The van der Waals surface area contributed by atoms with Gasteiger partial charge in [-0.05, 0) is 50.9 Å². The minimum atomic E-state index is -0.290. The molecule has 4 heteroatoms. The molecule has 124 valence electrons. The molecule has 0 bridgehead atoms. The van der Waals surface area contributed by atoms with Crippen LogP contribution in [0.3, 0.4) is 0 Å². The normalized spacial score (nSPS) is 33.5. The highest BCUT2D eigenvalue weighted by Gasteiger charge is 2.55. The maximum atomic E-state index is 12.7. The van der Waals surface area contributed by atoms with E-state index in [9.17, 15) is 9.90 Å². The Morgan fingerprint density at radius 3 is 2.55 bits per heavy atom. The third kappa shape index (κ3) is 2.71. The molecule has 1 spiro atoms. The van der Waals surface area contributed by atoms with Crippen molar-refractivity contribution < 1.29 is 14.6 Å². The summed E-state index contributed by atoms with van der Waals surface area (Å²) in [5, 5.41) is 13.4. The Morgan fingerprint density at radius 1 is 1.27 bits per heavy atom. The summed E-state index contributed by atoms with van der Waals surface area (Å²) >= 11 is 0. The summed E-state index contributed by atoms with van der Waals surface area (Å²) in [6.45, 7) is 8.02. The van der Waals surface area contributed by atoms with E-state index in [1.54, 1.807) is 0 Å². The molecule has 0 aromatic rings. The molecule has 2 aliphatic carbocycles. The third-order valence-electron chi connectivity index (χ3n) is 6.13. The number of aliphatic hydroxyl groups is 1. The Kier molecular flexibility index (Phi) is 4.11. The monoisotopic (exact) mass is 307 g/mol. The predicted molar refractivity (Wildman–Crippen MR) is 85.4 cm³/mol. The van der Waals surface area contributed by atoms with E-state index in [1.807, 2.05) is 0 Å². The van der Waals surface area contributed by atoms with Gasteiger partial charge in [0.05, 0.1) is 6.10 Å². The van der Waals surface area contributed by atoms with Gasteiger partial charge >= 0.3 is 0 Å². The van der Waals surface area contributed by atoms with Crippen LogP contribution in [-0.2, 0) is 9.53 Å². The lowest BCUT2D eigenvalue weighted by atomic mass is 9.57. The zero-order valence-electron chi connectivity index (χ0n) is 14.1. The smallest absolute Gasteiger partial charge is 0.247 e. The van der Waals surface area contributed by atoms with Crippen molar-refractivity contribution in [2.75, 3.05) is 13.2 Å². The number of carbonyl (C=O) groups excluding carboxylic acids is 1. The summed E-state index contributed by atoms with van der Waals surface area (Å²) in [7, 11) is 0. The van der Waals surface area contributed by atoms with Gasteiger partial charge in [-0.15, -0.1) is 0 Å². The Balaban J connectivity index is 1.67. The summed E-state index contributed by atoms with van der Waals surface area (Å²) < 4.78 is 5.43. The lowest BCUT2D eigenvalue weighted by Gasteiger charge is -2.55. The molecule has 4 nitrogen and oxygen atoms in total. The van der Waals surface area contributed by atoms with Gasteiger partial charge in [-0.1, -0.05) is 19.4 Å². The van der Waals surface area contributed by atoms with Crippen molar-refractivity contribution in [3.8, 4) is 0 Å². The van der Waals surface area contributed by atoms with Gasteiger partial charge in [0.25, 0.3) is 0 Å². The number of allylic oxidation sites excluding steroid dienone is 1. The number of amides is 1. The maximum absolute atomic E-state index is 12.7. The standard InChI is InChI=1S/C18H29NO3/c1-12-11-17(2,3)5-4-13(12)16(21)19-14-10-15(20)18(14)6-8-22-9-7-18/h14-15,20H,4-11H2,1-3H3,(H,19,21)/t14-,15-/m1/s1. The van der Waals surface area contributed by atoms with Crippen LogP contribution in [0, 0.1) is 10.8 Å². The second-order valence-corrected chi connectivity index (χ2v) is 8.22. The first-order valence-electron chi connectivity index (χ1n) is 8.59. The van der Waals surface area contributed by atoms with Gasteiger partial charge in [0.1, 0.15) is 0 Å². The SMILES string of the molecule is CC1=C(C(=O)N[C@@H]2C[C@@H](O)C23CCOCC3)CCC(C)(C)C1. The summed E-state index contributed by atoms with van der Waals surface area (Å²) in [6, 6.07) is 0.106. The molecule has 3 rings (SSSR count). The van der Waals surface area contributed by atoms with Gasteiger partial charge in [-0.3, -0.25) is 4.79 Å². The van der Waals surface area contributed by atoms with Gasteiger partial charge in [0.15, 0.2) is 0 Å². The zero-order chi connectivity index (χ0) is 16.0. The number of hydrogen-bond donors (Lipinski definition) is 2. The van der Waals surface area contributed by atoms with E-state index >= 15 is 0 Å². The van der Waals surface area contributed by atoms with Crippen molar-refractivity contribution >= 4 is 5.91 Å². The number of rotatable bonds is 2. The molecule has 0 radical (unpaired) electrons. The van der Waals surface area contributed by atoms with Gasteiger partial charge in [0.2, 0.25) is 5.91 Å². The van der Waals surface area contributed by atoms with Gasteiger partial charge in [-0.25, -0.2) is 0 Å². The lowest BCUT2D eigenvalue weighted by molar-refractivity contribution is -0.154. The lowest BCUT2D eigenvalue weighted by Crippen LogP contribution is -2.65. The van der Waals surface area contributed by atoms with E-state index in [0.717, 1.165) is 37.7 Å². The average molecular weight is 307 g/mol. The quantitative estimate of drug-likeness (QED) is 0.824. The zero-order valence-corrected chi connectivity index (χ0v) is 14.1. The summed E-state index contributed by atoms with van der Waals surface area (Å²) in [4.78, 5) is 12.7. The van der Waals surface area contributed by atoms with E-state index < -0.39 is 0 Å². The van der Waals surface area contributed by atoms with Crippen molar-refractivity contribution in [1.82, 2.24) is 5.32 Å². The topological polar surface area (TPSA) is 58.6 Å². The van der Waals surface area contributed by atoms with Crippen LogP contribution < -0.4 is 5.32 Å². The maximum Gasteiger partial charge on any atom is 0.247 e. The minimum absolute atomic E-state index is 0.0933. The van der Waals surface area contributed by atoms with E-state index in [-0.39, 0.29) is 23.5 Å². The molecule has 2 atom stereocenters. The van der Waals surface area contributed by atoms with Gasteiger partial charge in [-0.2, -0.15) is 0 Å². The third-order valence-corrected chi connectivity index (χ3v) is 6.13. The fourth-order valence-corrected chi connectivity index (χ4v) is 4.54. The first kappa shape index (κ1) is 16.0.